The van der Waals surface area contributed by atoms with Gasteiger partial charge in [0.1, 0.15) is 0 Å². The van der Waals surface area contributed by atoms with Gasteiger partial charge in [0.15, 0.2) is 17.5 Å². The lowest BCUT2D eigenvalue weighted by molar-refractivity contribution is 1.07. The second kappa shape index (κ2) is 12.7. The first-order chi connectivity index (χ1) is 24.8. The average Bonchev–Trinajstić information content (AvgIpc) is 3.21. The van der Waals surface area contributed by atoms with Crippen LogP contribution in [0, 0.1) is 0 Å². The number of hydrogen-bond acceptors (Lipinski definition) is 3. The topological polar surface area (TPSA) is 38.7 Å². The van der Waals surface area contributed by atoms with Crippen LogP contribution >= 0.6 is 0 Å². The van der Waals surface area contributed by atoms with Gasteiger partial charge in [0.05, 0.1) is 0 Å². The van der Waals surface area contributed by atoms with E-state index in [2.05, 4.69) is 127 Å². The molecule has 0 saturated carbocycles. The van der Waals surface area contributed by atoms with Crippen molar-refractivity contribution in [3.8, 4) is 67.5 Å². The van der Waals surface area contributed by atoms with E-state index in [9.17, 15) is 0 Å². The van der Waals surface area contributed by atoms with E-state index in [1.54, 1.807) is 0 Å². The standard InChI is InChI=1S/C47H31N3/c1-3-13-37(14-4-1)45-48-46(38-15-5-2-6-16-38)50-47(49-45)39-26-24-36(25-27-39)44-42-18-10-9-12-34(42)29-30-43(44)35-22-19-33(20-23-35)41-28-21-32-11-7-8-17-40(32)31-41/h1-31H. The van der Waals surface area contributed by atoms with Crippen molar-refractivity contribution in [3.05, 3.63) is 188 Å². The Balaban J connectivity index is 1.12. The second-order valence-corrected chi connectivity index (χ2v) is 12.5. The second-order valence-electron chi connectivity index (χ2n) is 12.5. The lowest BCUT2D eigenvalue weighted by Crippen LogP contribution is -2.00. The first kappa shape index (κ1) is 29.4. The van der Waals surface area contributed by atoms with Gasteiger partial charge < -0.3 is 0 Å². The van der Waals surface area contributed by atoms with E-state index in [1.165, 1.54) is 49.4 Å². The molecule has 0 aliphatic rings. The molecule has 234 valence electrons. The molecule has 0 atom stereocenters. The third kappa shape index (κ3) is 5.61. The van der Waals surface area contributed by atoms with Crippen LogP contribution in [0.4, 0.5) is 0 Å². The van der Waals surface area contributed by atoms with E-state index in [1.807, 2.05) is 60.7 Å². The molecule has 0 amide bonds. The predicted molar refractivity (Wildman–Crippen MR) is 207 cm³/mol. The summed E-state index contributed by atoms with van der Waals surface area (Å²) in [4.78, 5) is 14.7. The van der Waals surface area contributed by atoms with Crippen molar-refractivity contribution in [2.75, 3.05) is 0 Å². The Morgan fingerprint density at radius 1 is 0.260 bits per heavy atom. The predicted octanol–water partition coefficient (Wildman–Crippen LogP) is 12.2. The van der Waals surface area contributed by atoms with E-state index in [-0.39, 0.29) is 0 Å². The molecule has 0 saturated heterocycles. The molecular weight excluding hydrogens is 607 g/mol. The summed E-state index contributed by atoms with van der Waals surface area (Å²) in [7, 11) is 0. The van der Waals surface area contributed by atoms with Gasteiger partial charge in [-0.2, -0.15) is 0 Å². The summed E-state index contributed by atoms with van der Waals surface area (Å²) < 4.78 is 0. The fourth-order valence-corrected chi connectivity index (χ4v) is 6.76. The van der Waals surface area contributed by atoms with E-state index < -0.39 is 0 Å². The highest BCUT2D eigenvalue weighted by Gasteiger charge is 2.15. The monoisotopic (exact) mass is 637 g/mol. The van der Waals surface area contributed by atoms with Gasteiger partial charge in [0.2, 0.25) is 0 Å². The minimum absolute atomic E-state index is 0.645. The first-order valence-electron chi connectivity index (χ1n) is 16.9. The molecule has 0 aliphatic carbocycles. The van der Waals surface area contributed by atoms with Crippen molar-refractivity contribution in [3.63, 3.8) is 0 Å². The summed E-state index contributed by atoms with van der Waals surface area (Å²) in [6.45, 7) is 0. The molecule has 0 bridgehead atoms. The minimum atomic E-state index is 0.645. The van der Waals surface area contributed by atoms with Gasteiger partial charge in [-0.3, -0.25) is 0 Å². The van der Waals surface area contributed by atoms with Gasteiger partial charge in [-0.25, -0.2) is 15.0 Å². The largest absolute Gasteiger partial charge is 0.208 e. The number of nitrogens with zero attached hydrogens (tertiary/aromatic N) is 3. The molecule has 0 spiro atoms. The highest BCUT2D eigenvalue weighted by molar-refractivity contribution is 6.04. The molecule has 0 N–H and O–H groups in total. The maximum Gasteiger partial charge on any atom is 0.164 e. The molecule has 3 heteroatoms. The third-order valence-electron chi connectivity index (χ3n) is 9.34. The highest BCUT2D eigenvalue weighted by atomic mass is 15.0. The third-order valence-corrected chi connectivity index (χ3v) is 9.34. The zero-order valence-electron chi connectivity index (χ0n) is 27.2. The quantitative estimate of drug-likeness (QED) is 0.182. The smallest absolute Gasteiger partial charge is 0.164 e. The molecule has 9 rings (SSSR count). The van der Waals surface area contributed by atoms with Gasteiger partial charge in [-0.05, 0) is 61.0 Å². The molecule has 50 heavy (non-hydrogen) atoms. The van der Waals surface area contributed by atoms with Crippen LogP contribution in [0.15, 0.2) is 188 Å². The zero-order valence-corrected chi connectivity index (χ0v) is 27.2. The summed E-state index contributed by atoms with van der Waals surface area (Å²) in [6.07, 6.45) is 0. The van der Waals surface area contributed by atoms with Gasteiger partial charge in [-0.1, -0.05) is 182 Å². The highest BCUT2D eigenvalue weighted by Crippen LogP contribution is 2.39. The van der Waals surface area contributed by atoms with Crippen LogP contribution in [0.25, 0.3) is 89.1 Å². The maximum absolute atomic E-state index is 4.94. The van der Waals surface area contributed by atoms with Crippen LogP contribution in [0.5, 0.6) is 0 Å². The SMILES string of the molecule is c1ccc(-c2nc(-c3ccccc3)nc(-c3ccc(-c4c(-c5ccc(-c6ccc7ccccc7c6)cc5)ccc5ccccc45)cc3)n2)cc1. The van der Waals surface area contributed by atoms with Crippen LogP contribution in [0.1, 0.15) is 0 Å². The average molecular weight is 638 g/mol. The van der Waals surface area contributed by atoms with Gasteiger partial charge in [0.25, 0.3) is 0 Å². The van der Waals surface area contributed by atoms with Crippen LogP contribution in [-0.4, -0.2) is 15.0 Å². The van der Waals surface area contributed by atoms with Gasteiger partial charge >= 0.3 is 0 Å². The number of fused-ring (bicyclic) bond motifs is 2. The Kier molecular flexibility index (Phi) is 7.49. The van der Waals surface area contributed by atoms with Crippen molar-refractivity contribution in [1.29, 1.82) is 0 Å². The normalized spacial score (nSPS) is 11.2. The molecule has 1 heterocycles. The number of benzene rings is 8. The van der Waals surface area contributed by atoms with Crippen LogP contribution in [-0.2, 0) is 0 Å². The van der Waals surface area contributed by atoms with E-state index >= 15 is 0 Å². The zero-order chi connectivity index (χ0) is 33.3. The Morgan fingerprint density at radius 3 is 1.34 bits per heavy atom. The lowest BCUT2D eigenvalue weighted by atomic mass is 9.89. The number of aromatic nitrogens is 3. The van der Waals surface area contributed by atoms with Crippen molar-refractivity contribution < 1.29 is 0 Å². The fraction of sp³-hybridized carbons (Fsp3) is 0. The molecular formula is C47H31N3. The Bertz CT molecular complexity index is 2550. The summed E-state index contributed by atoms with van der Waals surface area (Å²) in [6, 6.07) is 66.1. The summed E-state index contributed by atoms with van der Waals surface area (Å²) in [5, 5.41) is 4.93. The Morgan fingerprint density at radius 2 is 0.700 bits per heavy atom. The van der Waals surface area contributed by atoms with E-state index in [0.29, 0.717) is 17.5 Å². The van der Waals surface area contributed by atoms with E-state index in [0.717, 1.165) is 22.3 Å². The van der Waals surface area contributed by atoms with Gasteiger partial charge in [-0.15, -0.1) is 0 Å². The summed E-state index contributed by atoms with van der Waals surface area (Å²) >= 11 is 0. The number of rotatable bonds is 6. The molecule has 0 radical (unpaired) electrons. The molecule has 0 unspecified atom stereocenters. The minimum Gasteiger partial charge on any atom is -0.208 e. The maximum atomic E-state index is 4.94. The van der Waals surface area contributed by atoms with Crippen molar-refractivity contribution in [2.24, 2.45) is 0 Å². The van der Waals surface area contributed by atoms with Crippen molar-refractivity contribution in [1.82, 2.24) is 15.0 Å². The molecule has 8 aromatic carbocycles. The Labute approximate surface area is 291 Å². The van der Waals surface area contributed by atoms with Crippen molar-refractivity contribution in [2.45, 2.75) is 0 Å². The fourth-order valence-electron chi connectivity index (χ4n) is 6.76. The van der Waals surface area contributed by atoms with Crippen molar-refractivity contribution >= 4 is 21.5 Å². The molecule has 0 aliphatic heterocycles. The van der Waals surface area contributed by atoms with Crippen LogP contribution in [0.2, 0.25) is 0 Å². The molecule has 9 aromatic rings. The first-order valence-corrected chi connectivity index (χ1v) is 16.9. The summed E-state index contributed by atoms with van der Waals surface area (Å²) in [5.41, 5.74) is 9.98. The lowest BCUT2D eigenvalue weighted by Gasteiger charge is -2.15. The number of hydrogen-bond donors (Lipinski definition) is 0. The van der Waals surface area contributed by atoms with Crippen LogP contribution in [0.3, 0.4) is 0 Å². The van der Waals surface area contributed by atoms with E-state index in [4.69, 9.17) is 15.0 Å². The molecule has 3 nitrogen and oxygen atoms in total. The van der Waals surface area contributed by atoms with Crippen LogP contribution < -0.4 is 0 Å². The summed E-state index contributed by atoms with van der Waals surface area (Å²) in [5.74, 6) is 1.95. The van der Waals surface area contributed by atoms with Gasteiger partial charge in [0, 0.05) is 16.7 Å². The molecule has 1 aromatic heterocycles. The Hall–Kier alpha value is -6.71. The molecule has 0 fully saturated rings.